The SMILES string of the molecule is CCN(CC)S(=O)(=O)c1ccc(C)c(C(=O)N(C)C(C)C2CC2)c1. The number of benzene rings is 1. The maximum Gasteiger partial charge on any atom is 0.254 e. The largest absolute Gasteiger partial charge is 0.339 e. The molecule has 2 rings (SSSR count). The molecule has 1 aliphatic carbocycles. The van der Waals surface area contributed by atoms with Gasteiger partial charge in [-0.2, -0.15) is 4.31 Å². The van der Waals surface area contributed by atoms with E-state index >= 15 is 0 Å². The predicted octanol–water partition coefficient (Wildman–Crippen LogP) is 2.90. The highest BCUT2D eigenvalue weighted by atomic mass is 32.2. The monoisotopic (exact) mass is 352 g/mol. The van der Waals surface area contributed by atoms with Gasteiger partial charge in [0, 0.05) is 31.7 Å². The van der Waals surface area contributed by atoms with E-state index < -0.39 is 10.0 Å². The van der Waals surface area contributed by atoms with E-state index in [2.05, 4.69) is 6.92 Å². The first-order chi connectivity index (χ1) is 11.2. The molecule has 0 spiro atoms. The summed E-state index contributed by atoms with van der Waals surface area (Å²) >= 11 is 0. The van der Waals surface area contributed by atoms with Gasteiger partial charge in [0.2, 0.25) is 10.0 Å². The van der Waals surface area contributed by atoms with Gasteiger partial charge in [-0.25, -0.2) is 8.42 Å². The van der Waals surface area contributed by atoms with Gasteiger partial charge in [-0.05, 0) is 50.3 Å². The van der Waals surface area contributed by atoms with Crippen molar-refractivity contribution in [2.24, 2.45) is 5.92 Å². The van der Waals surface area contributed by atoms with E-state index in [4.69, 9.17) is 0 Å². The van der Waals surface area contributed by atoms with Crippen LogP contribution in [0.25, 0.3) is 0 Å². The molecule has 1 fully saturated rings. The summed E-state index contributed by atoms with van der Waals surface area (Å²) in [7, 11) is -1.76. The molecular weight excluding hydrogens is 324 g/mol. The van der Waals surface area contributed by atoms with Crippen molar-refractivity contribution in [3.05, 3.63) is 29.3 Å². The minimum Gasteiger partial charge on any atom is -0.339 e. The van der Waals surface area contributed by atoms with Crippen LogP contribution in [0.1, 0.15) is 49.5 Å². The highest BCUT2D eigenvalue weighted by Crippen LogP contribution is 2.35. The van der Waals surface area contributed by atoms with Crippen LogP contribution in [0.2, 0.25) is 0 Å². The number of hydrogen-bond acceptors (Lipinski definition) is 3. The van der Waals surface area contributed by atoms with Crippen molar-refractivity contribution >= 4 is 15.9 Å². The van der Waals surface area contributed by atoms with Crippen LogP contribution < -0.4 is 0 Å². The van der Waals surface area contributed by atoms with Gasteiger partial charge in [0.25, 0.3) is 5.91 Å². The van der Waals surface area contributed by atoms with Crippen LogP contribution in [-0.2, 0) is 10.0 Å². The van der Waals surface area contributed by atoms with Crippen molar-refractivity contribution in [1.29, 1.82) is 0 Å². The first kappa shape index (κ1) is 18.9. The van der Waals surface area contributed by atoms with E-state index in [1.165, 1.54) is 10.4 Å². The fraction of sp³-hybridized carbons (Fsp3) is 0.611. The molecule has 1 saturated carbocycles. The molecule has 0 aliphatic heterocycles. The smallest absolute Gasteiger partial charge is 0.254 e. The topological polar surface area (TPSA) is 57.7 Å². The number of rotatable bonds is 7. The predicted molar refractivity (Wildman–Crippen MR) is 95.6 cm³/mol. The van der Waals surface area contributed by atoms with Crippen molar-refractivity contribution in [3.63, 3.8) is 0 Å². The third kappa shape index (κ3) is 3.64. The summed E-state index contributed by atoms with van der Waals surface area (Å²) in [4.78, 5) is 14.8. The maximum absolute atomic E-state index is 12.8. The molecule has 1 aliphatic rings. The molecule has 1 amide bonds. The van der Waals surface area contributed by atoms with E-state index in [-0.39, 0.29) is 16.8 Å². The quantitative estimate of drug-likeness (QED) is 0.758. The van der Waals surface area contributed by atoms with Crippen LogP contribution in [0, 0.1) is 12.8 Å². The molecular formula is C18H28N2O3S. The Morgan fingerprint density at radius 3 is 2.33 bits per heavy atom. The third-order valence-corrected chi connectivity index (χ3v) is 7.06. The Balaban J connectivity index is 2.36. The lowest BCUT2D eigenvalue weighted by Gasteiger charge is -2.26. The number of amides is 1. The molecule has 0 N–H and O–H groups in total. The molecule has 5 nitrogen and oxygen atoms in total. The molecule has 1 atom stereocenters. The lowest BCUT2D eigenvalue weighted by molar-refractivity contribution is 0.0726. The molecule has 1 aromatic rings. The first-order valence-electron chi connectivity index (χ1n) is 8.62. The van der Waals surface area contributed by atoms with Crippen LogP contribution in [0.15, 0.2) is 23.1 Å². The van der Waals surface area contributed by atoms with Crippen molar-refractivity contribution in [1.82, 2.24) is 9.21 Å². The van der Waals surface area contributed by atoms with Gasteiger partial charge in [0.1, 0.15) is 0 Å². The average Bonchev–Trinajstić information content (AvgIpc) is 3.38. The average molecular weight is 353 g/mol. The summed E-state index contributed by atoms with van der Waals surface area (Å²) < 4.78 is 26.8. The summed E-state index contributed by atoms with van der Waals surface area (Å²) in [6, 6.07) is 5.02. The standard InChI is InChI=1S/C18H28N2O3S/c1-6-20(7-2)24(22,23)16-11-8-13(3)17(12-16)18(21)19(5)14(4)15-9-10-15/h8,11-12,14-15H,6-7,9-10H2,1-5H3. The van der Waals surface area contributed by atoms with Gasteiger partial charge in [-0.1, -0.05) is 19.9 Å². The Morgan fingerprint density at radius 2 is 1.83 bits per heavy atom. The van der Waals surface area contributed by atoms with Crippen LogP contribution in [0.5, 0.6) is 0 Å². The Hall–Kier alpha value is -1.40. The fourth-order valence-electron chi connectivity index (χ4n) is 2.97. The van der Waals surface area contributed by atoms with Gasteiger partial charge < -0.3 is 4.90 Å². The zero-order valence-electron chi connectivity index (χ0n) is 15.2. The van der Waals surface area contributed by atoms with E-state index in [1.807, 2.05) is 20.8 Å². The molecule has 0 aromatic heterocycles. The molecule has 0 heterocycles. The minimum absolute atomic E-state index is 0.108. The summed E-state index contributed by atoms with van der Waals surface area (Å²) in [6.45, 7) is 8.35. The van der Waals surface area contributed by atoms with Crippen molar-refractivity contribution in [3.8, 4) is 0 Å². The highest BCUT2D eigenvalue weighted by Gasteiger charge is 2.33. The molecule has 1 aromatic carbocycles. The molecule has 24 heavy (non-hydrogen) atoms. The summed E-state index contributed by atoms with van der Waals surface area (Å²) in [6.07, 6.45) is 2.32. The summed E-state index contributed by atoms with van der Waals surface area (Å²) in [5.41, 5.74) is 1.27. The van der Waals surface area contributed by atoms with Crippen LogP contribution >= 0.6 is 0 Å². The first-order valence-corrected chi connectivity index (χ1v) is 10.1. The van der Waals surface area contributed by atoms with E-state index in [0.717, 1.165) is 18.4 Å². The third-order valence-electron chi connectivity index (χ3n) is 5.02. The summed E-state index contributed by atoms with van der Waals surface area (Å²) in [5, 5.41) is 0. The molecule has 0 radical (unpaired) electrons. The molecule has 0 bridgehead atoms. The molecule has 6 heteroatoms. The number of carbonyl (C=O) groups is 1. The Morgan fingerprint density at radius 1 is 1.25 bits per heavy atom. The van der Waals surface area contributed by atoms with E-state index in [9.17, 15) is 13.2 Å². The highest BCUT2D eigenvalue weighted by molar-refractivity contribution is 7.89. The number of sulfonamides is 1. The second-order valence-corrected chi connectivity index (χ2v) is 8.50. The minimum atomic E-state index is -3.56. The van der Waals surface area contributed by atoms with Gasteiger partial charge >= 0.3 is 0 Å². The number of carbonyl (C=O) groups excluding carboxylic acids is 1. The second kappa shape index (κ2) is 7.23. The molecule has 134 valence electrons. The zero-order valence-corrected chi connectivity index (χ0v) is 16.1. The molecule has 0 saturated heterocycles. The Bertz CT molecular complexity index is 707. The van der Waals surface area contributed by atoms with Crippen molar-refractivity contribution in [2.75, 3.05) is 20.1 Å². The van der Waals surface area contributed by atoms with Crippen LogP contribution in [-0.4, -0.2) is 49.7 Å². The normalized spacial score (nSPS) is 16.2. The lowest BCUT2D eigenvalue weighted by atomic mass is 10.1. The second-order valence-electron chi connectivity index (χ2n) is 6.56. The van der Waals surface area contributed by atoms with E-state index in [0.29, 0.717) is 24.6 Å². The number of hydrogen-bond donors (Lipinski definition) is 0. The van der Waals surface area contributed by atoms with Gasteiger partial charge in [-0.3, -0.25) is 4.79 Å². The number of nitrogens with zero attached hydrogens (tertiary/aromatic N) is 2. The fourth-order valence-corrected chi connectivity index (χ4v) is 4.46. The number of aryl methyl sites for hydroxylation is 1. The Labute approximate surface area is 145 Å². The van der Waals surface area contributed by atoms with Gasteiger partial charge in [0.15, 0.2) is 0 Å². The van der Waals surface area contributed by atoms with E-state index in [1.54, 1.807) is 24.1 Å². The Kier molecular flexibility index (Phi) is 5.71. The zero-order chi connectivity index (χ0) is 18.1. The maximum atomic E-state index is 12.8. The van der Waals surface area contributed by atoms with Crippen LogP contribution in [0.4, 0.5) is 0 Å². The molecule has 1 unspecified atom stereocenters. The van der Waals surface area contributed by atoms with Crippen molar-refractivity contribution in [2.45, 2.75) is 51.5 Å². The van der Waals surface area contributed by atoms with Crippen molar-refractivity contribution < 1.29 is 13.2 Å². The van der Waals surface area contributed by atoms with Crippen LogP contribution in [0.3, 0.4) is 0 Å². The lowest BCUT2D eigenvalue weighted by Crippen LogP contribution is -2.37. The van der Waals surface area contributed by atoms with Gasteiger partial charge in [-0.15, -0.1) is 0 Å². The summed E-state index contributed by atoms with van der Waals surface area (Å²) in [5.74, 6) is 0.463. The van der Waals surface area contributed by atoms with Gasteiger partial charge in [0.05, 0.1) is 4.90 Å².